The first-order valence-corrected chi connectivity index (χ1v) is 7.79. The maximum absolute atomic E-state index is 14.3. The normalized spacial score (nSPS) is 16.3. The van der Waals surface area contributed by atoms with E-state index in [0.29, 0.717) is 17.1 Å². The van der Waals surface area contributed by atoms with E-state index in [0.717, 1.165) is 15.7 Å². The Hall–Kier alpha value is -2.31. The summed E-state index contributed by atoms with van der Waals surface area (Å²) < 4.78 is 16.9. The van der Waals surface area contributed by atoms with Crippen molar-refractivity contribution in [3.63, 3.8) is 0 Å². The number of benzene rings is 2. The lowest BCUT2D eigenvalue weighted by Gasteiger charge is -2.12. The fraction of sp³-hybridized carbons (Fsp3) is 0.0588. The molecule has 1 atom stereocenters. The number of imidazole rings is 1. The topological polar surface area (TPSA) is 50.4 Å². The highest BCUT2D eigenvalue weighted by molar-refractivity contribution is 9.10. The van der Waals surface area contributed by atoms with E-state index in [1.54, 1.807) is 35.2 Å². The van der Waals surface area contributed by atoms with E-state index < -0.39 is 6.23 Å². The molecule has 23 heavy (non-hydrogen) atoms. The van der Waals surface area contributed by atoms with Crippen LogP contribution in [0.3, 0.4) is 0 Å². The fourth-order valence-electron chi connectivity index (χ4n) is 2.74. The monoisotopic (exact) mass is 371 g/mol. The molecule has 4 rings (SSSR count). The predicted molar refractivity (Wildman–Crippen MR) is 88.3 cm³/mol. The molecule has 1 aliphatic heterocycles. The van der Waals surface area contributed by atoms with Crippen LogP contribution in [0.15, 0.2) is 64.3 Å². The van der Waals surface area contributed by atoms with Gasteiger partial charge in [-0.2, -0.15) is 0 Å². The van der Waals surface area contributed by atoms with Gasteiger partial charge < -0.3 is 5.11 Å². The standard InChI is InChI=1S/C17H11BrFN3O/c18-10-5-6-14-12(9-10)15(11-3-1-2-4-13(11)19)21-17(23)16-20-7-8-22(14)16/h1-9,17,23H. The third-order valence-corrected chi connectivity index (χ3v) is 4.25. The highest BCUT2D eigenvalue weighted by Crippen LogP contribution is 2.31. The quantitative estimate of drug-likeness (QED) is 0.710. The first-order chi connectivity index (χ1) is 11.1. The molecule has 0 saturated carbocycles. The lowest BCUT2D eigenvalue weighted by Crippen LogP contribution is -2.09. The lowest BCUT2D eigenvalue weighted by molar-refractivity contribution is 0.177. The number of aliphatic hydroxyl groups is 1. The van der Waals surface area contributed by atoms with E-state index in [1.807, 2.05) is 18.2 Å². The molecule has 1 N–H and O–H groups in total. The van der Waals surface area contributed by atoms with Gasteiger partial charge in [0.1, 0.15) is 5.82 Å². The Kier molecular flexibility index (Phi) is 3.36. The molecule has 0 spiro atoms. The van der Waals surface area contributed by atoms with Crippen LogP contribution in [0.5, 0.6) is 0 Å². The summed E-state index contributed by atoms with van der Waals surface area (Å²) in [6.45, 7) is 0. The molecule has 1 unspecified atom stereocenters. The van der Waals surface area contributed by atoms with Crippen LogP contribution < -0.4 is 0 Å². The summed E-state index contributed by atoms with van der Waals surface area (Å²) in [4.78, 5) is 8.50. The van der Waals surface area contributed by atoms with Crippen molar-refractivity contribution in [3.05, 3.63) is 82.1 Å². The molecule has 6 heteroatoms. The Labute approximate surface area is 140 Å². The van der Waals surface area contributed by atoms with E-state index in [2.05, 4.69) is 25.9 Å². The molecule has 4 nitrogen and oxygen atoms in total. The molecule has 3 aromatic rings. The summed E-state index contributed by atoms with van der Waals surface area (Å²) in [5.74, 6) is 0.0174. The predicted octanol–water partition coefficient (Wildman–Crippen LogP) is 3.62. The van der Waals surface area contributed by atoms with Crippen LogP contribution in [0.4, 0.5) is 4.39 Å². The second-order valence-corrected chi connectivity index (χ2v) is 6.06. The number of nitrogens with zero attached hydrogens (tertiary/aromatic N) is 3. The van der Waals surface area contributed by atoms with Crippen LogP contribution in [0.1, 0.15) is 23.2 Å². The number of hydrogen-bond acceptors (Lipinski definition) is 3. The molecular formula is C17H11BrFN3O. The molecule has 0 radical (unpaired) electrons. The van der Waals surface area contributed by atoms with Crippen LogP contribution in [0.2, 0.25) is 0 Å². The summed E-state index contributed by atoms with van der Waals surface area (Å²) in [5.41, 5.74) is 2.26. The third-order valence-electron chi connectivity index (χ3n) is 3.75. The fourth-order valence-corrected chi connectivity index (χ4v) is 3.10. The molecule has 2 aromatic carbocycles. The minimum absolute atomic E-state index is 0.344. The number of aromatic nitrogens is 2. The van der Waals surface area contributed by atoms with E-state index in [-0.39, 0.29) is 5.82 Å². The number of hydrogen-bond donors (Lipinski definition) is 1. The minimum atomic E-state index is -1.16. The van der Waals surface area contributed by atoms with Gasteiger partial charge in [-0.3, -0.25) is 4.57 Å². The highest BCUT2D eigenvalue weighted by Gasteiger charge is 2.25. The van der Waals surface area contributed by atoms with Crippen molar-refractivity contribution in [2.24, 2.45) is 4.99 Å². The number of rotatable bonds is 1. The van der Waals surface area contributed by atoms with E-state index >= 15 is 0 Å². The molecule has 1 aromatic heterocycles. The average molecular weight is 372 g/mol. The molecule has 0 fully saturated rings. The first kappa shape index (κ1) is 14.3. The van der Waals surface area contributed by atoms with Gasteiger partial charge in [-0.1, -0.05) is 28.1 Å². The Morgan fingerprint density at radius 3 is 2.78 bits per heavy atom. The van der Waals surface area contributed by atoms with Gasteiger partial charge in [-0.15, -0.1) is 0 Å². The van der Waals surface area contributed by atoms with Gasteiger partial charge in [0.15, 0.2) is 5.82 Å². The maximum Gasteiger partial charge on any atom is 0.205 e. The number of aliphatic imine (C=N–C) groups is 1. The van der Waals surface area contributed by atoms with Gasteiger partial charge in [0.2, 0.25) is 6.23 Å². The largest absolute Gasteiger partial charge is 0.365 e. The molecular weight excluding hydrogens is 361 g/mol. The zero-order chi connectivity index (χ0) is 16.0. The van der Waals surface area contributed by atoms with Crippen LogP contribution >= 0.6 is 15.9 Å². The van der Waals surface area contributed by atoms with Crippen molar-refractivity contribution in [1.82, 2.24) is 9.55 Å². The molecule has 114 valence electrons. The molecule has 0 saturated heterocycles. The Balaban J connectivity index is 2.05. The van der Waals surface area contributed by atoms with Gasteiger partial charge >= 0.3 is 0 Å². The summed E-state index contributed by atoms with van der Waals surface area (Å²) in [6, 6.07) is 12.0. The Morgan fingerprint density at radius 1 is 1.13 bits per heavy atom. The summed E-state index contributed by atoms with van der Waals surface area (Å²) in [7, 11) is 0. The summed E-state index contributed by atoms with van der Waals surface area (Å²) in [5, 5.41) is 10.4. The first-order valence-electron chi connectivity index (χ1n) is 6.99. The lowest BCUT2D eigenvalue weighted by atomic mass is 10.00. The van der Waals surface area contributed by atoms with Gasteiger partial charge in [-0.05, 0) is 30.3 Å². The molecule has 0 bridgehead atoms. The van der Waals surface area contributed by atoms with Gasteiger partial charge in [0.05, 0.1) is 11.4 Å². The SMILES string of the molecule is OC1N=C(c2ccccc2F)c2cc(Br)ccc2-n2ccnc21. The van der Waals surface area contributed by atoms with E-state index in [4.69, 9.17) is 0 Å². The van der Waals surface area contributed by atoms with Crippen LogP contribution in [-0.2, 0) is 0 Å². The molecule has 1 aliphatic rings. The smallest absolute Gasteiger partial charge is 0.205 e. The second kappa shape index (κ2) is 5.40. The van der Waals surface area contributed by atoms with Gasteiger partial charge in [-0.25, -0.2) is 14.4 Å². The van der Waals surface area contributed by atoms with Crippen molar-refractivity contribution in [2.75, 3.05) is 0 Å². The van der Waals surface area contributed by atoms with Crippen molar-refractivity contribution in [2.45, 2.75) is 6.23 Å². The van der Waals surface area contributed by atoms with Crippen LogP contribution in [0.25, 0.3) is 5.69 Å². The van der Waals surface area contributed by atoms with Gasteiger partial charge in [0, 0.05) is 28.0 Å². The minimum Gasteiger partial charge on any atom is -0.365 e. The number of fused-ring (bicyclic) bond motifs is 3. The van der Waals surface area contributed by atoms with Crippen molar-refractivity contribution in [1.29, 1.82) is 0 Å². The van der Waals surface area contributed by atoms with Gasteiger partial charge in [0.25, 0.3) is 0 Å². The summed E-state index contributed by atoms with van der Waals surface area (Å²) in [6.07, 6.45) is 2.20. The van der Waals surface area contributed by atoms with Crippen molar-refractivity contribution < 1.29 is 9.50 Å². The molecule has 0 amide bonds. The van der Waals surface area contributed by atoms with Crippen LogP contribution in [-0.4, -0.2) is 20.4 Å². The third kappa shape index (κ3) is 2.31. The molecule has 0 aliphatic carbocycles. The van der Waals surface area contributed by atoms with Crippen molar-refractivity contribution in [3.8, 4) is 5.69 Å². The number of aliphatic hydroxyl groups excluding tert-OH is 1. The van der Waals surface area contributed by atoms with Crippen LogP contribution in [0, 0.1) is 5.82 Å². The average Bonchev–Trinajstić information content (AvgIpc) is 2.99. The highest BCUT2D eigenvalue weighted by atomic mass is 79.9. The Bertz CT molecular complexity index is 935. The van der Waals surface area contributed by atoms with E-state index in [9.17, 15) is 9.50 Å². The zero-order valence-electron chi connectivity index (χ0n) is 11.8. The number of halogens is 2. The van der Waals surface area contributed by atoms with Crippen molar-refractivity contribution >= 4 is 21.6 Å². The molecule has 2 heterocycles. The second-order valence-electron chi connectivity index (χ2n) is 5.15. The Morgan fingerprint density at radius 2 is 1.96 bits per heavy atom. The summed E-state index contributed by atoms with van der Waals surface area (Å²) >= 11 is 3.44. The zero-order valence-corrected chi connectivity index (χ0v) is 13.4. The van der Waals surface area contributed by atoms with E-state index in [1.165, 1.54) is 6.07 Å². The maximum atomic E-state index is 14.3.